The summed E-state index contributed by atoms with van der Waals surface area (Å²) in [6.07, 6.45) is 0. The van der Waals surface area contributed by atoms with Crippen LogP contribution in [0.5, 0.6) is 11.5 Å². The second kappa shape index (κ2) is 9.76. The average Bonchev–Trinajstić information content (AvgIpc) is 2.72. The van der Waals surface area contributed by atoms with Gasteiger partial charge < -0.3 is 14.8 Å². The van der Waals surface area contributed by atoms with Crippen LogP contribution in [0.3, 0.4) is 0 Å². The molecule has 0 spiro atoms. The summed E-state index contributed by atoms with van der Waals surface area (Å²) < 4.78 is 12.6. The Morgan fingerprint density at radius 2 is 1.75 bits per heavy atom. The van der Waals surface area contributed by atoms with Crippen molar-refractivity contribution < 1.29 is 9.47 Å². The van der Waals surface area contributed by atoms with Crippen LogP contribution in [0.1, 0.15) is 35.2 Å². The van der Waals surface area contributed by atoms with Gasteiger partial charge in [-0.05, 0) is 42.7 Å². The number of halogens is 1. The molecule has 0 heterocycles. The molecule has 0 bridgehead atoms. The fraction of sp³-hybridized carbons (Fsp3) is 0.250. The highest BCUT2D eigenvalue weighted by Gasteiger charge is 2.12. The third-order valence-corrected chi connectivity index (χ3v) is 5.45. The molecule has 28 heavy (non-hydrogen) atoms. The molecule has 1 N–H and O–H groups in total. The van der Waals surface area contributed by atoms with Gasteiger partial charge in [-0.2, -0.15) is 0 Å². The molecular weight excluding hydrogens is 414 g/mol. The molecule has 1 unspecified atom stereocenters. The van der Waals surface area contributed by atoms with E-state index in [4.69, 9.17) is 9.47 Å². The molecule has 0 aliphatic heterocycles. The first-order valence-corrected chi connectivity index (χ1v) is 10.2. The number of benzene rings is 3. The highest BCUT2D eigenvalue weighted by Crippen LogP contribution is 2.34. The number of hydrogen-bond donors (Lipinski definition) is 1. The number of hydrogen-bond acceptors (Lipinski definition) is 3. The minimum Gasteiger partial charge on any atom is -0.493 e. The van der Waals surface area contributed by atoms with Crippen molar-refractivity contribution in [2.45, 2.75) is 33.0 Å². The van der Waals surface area contributed by atoms with Gasteiger partial charge in [0.1, 0.15) is 6.61 Å². The molecule has 3 nitrogen and oxygen atoms in total. The second-order valence-corrected chi connectivity index (χ2v) is 7.74. The van der Waals surface area contributed by atoms with Crippen LogP contribution in [0, 0.1) is 6.92 Å². The minimum atomic E-state index is 0.261. The van der Waals surface area contributed by atoms with Crippen molar-refractivity contribution in [1.29, 1.82) is 0 Å². The van der Waals surface area contributed by atoms with Gasteiger partial charge in [-0.25, -0.2) is 0 Å². The topological polar surface area (TPSA) is 30.5 Å². The number of rotatable bonds is 8. The molecule has 4 heteroatoms. The van der Waals surface area contributed by atoms with Gasteiger partial charge in [0.05, 0.1) is 7.11 Å². The summed E-state index contributed by atoms with van der Waals surface area (Å²) in [5, 5.41) is 3.56. The summed E-state index contributed by atoms with van der Waals surface area (Å²) in [4.78, 5) is 0. The Bertz CT molecular complexity index is 912. The van der Waals surface area contributed by atoms with Crippen molar-refractivity contribution in [3.63, 3.8) is 0 Å². The van der Waals surface area contributed by atoms with Crippen LogP contribution in [0.4, 0.5) is 0 Å². The summed E-state index contributed by atoms with van der Waals surface area (Å²) in [5.41, 5.74) is 4.76. The molecule has 3 aromatic rings. The quantitative estimate of drug-likeness (QED) is 0.453. The number of methoxy groups -OCH3 is 1. The standard InChI is InChI=1S/C24H26BrNO2/c1-17-8-7-9-19(12-17)16-28-24-14-22(25)21(13-23(24)27-3)15-26-18(2)20-10-5-4-6-11-20/h4-14,18,26H,15-16H2,1-3H3. The zero-order valence-corrected chi connectivity index (χ0v) is 18.1. The van der Waals surface area contributed by atoms with E-state index in [1.54, 1.807) is 7.11 Å². The maximum Gasteiger partial charge on any atom is 0.162 e. The molecule has 0 fully saturated rings. The lowest BCUT2D eigenvalue weighted by molar-refractivity contribution is 0.284. The average molecular weight is 440 g/mol. The summed E-state index contributed by atoms with van der Waals surface area (Å²) in [5.74, 6) is 1.47. The van der Waals surface area contributed by atoms with Gasteiger partial charge in [-0.15, -0.1) is 0 Å². The number of nitrogens with one attached hydrogen (secondary N) is 1. The highest BCUT2D eigenvalue weighted by atomic mass is 79.9. The maximum atomic E-state index is 6.02. The maximum absolute atomic E-state index is 6.02. The second-order valence-electron chi connectivity index (χ2n) is 6.89. The minimum absolute atomic E-state index is 0.261. The van der Waals surface area contributed by atoms with Crippen molar-refractivity contribution in [2.24, 2.45) is 0 Å². The van der Waals surface area contributed by atoms with Crippen LogP contribution in [-0.2, 0) is 13.2 Å². The van der Waals surface area contributed by atoms with Gasteiger partial charge in [-0.1, -0.05) is 76.1 Å². The Morgan fingerprint density at radius 3 is 2.46 bits per heavy atom. The molecule has 1 atom stereocenters. The van der Waals surface area contributed by atoms with E-state index in [2.05, 4.69) is 77.6 Å². The van der Waals surface area contributed by atoms with Crippen molar-refractivity contribution in [3.8, 4) is 11.5 Å². The van der Waals surface area contributed by atoms with Crippen LogP contribution < -0.4 is 14.8 Å². The van der Waals surface area contributed by atoms with Gasteiger partial charge in [0, 0.05) is 17.1 Å². The molecular formula is C24H26BrNO2. The third kappa shape index (κ3) is 5.37. The number of aryl methyl sites for hydroxylation is 1. The van der Waals surface area contributed by atoms with Crippen molar-refractivity contribution in [2.75, 3.05) is 7.11 Å². The van der Waals surface area contributed by atoms with Crippen LogP contribution in [-0.4, -0.2) is 7.11 Å². The van der Waals surface area contributed by atoms with Crippen LogP contribution >= 0.6 is 15.9 Å². The first-order valence-electron chi connectivity index (χ1n) is 9.40. The van der Waals surface area contributed by atoms with Crippen molar-refractivity contribution in [3.05, 3.63) is 93.5 Å². The van der Waals surface area contributed by atoms with E-state index in [9.17, 15) is 0 Å². The molecule has 0 saturated heterocycles. The van der Waals surface area contributed by atoms with Gasteiger partial charge in [0.2, 0.25) is 0 Å². The predicted molar refractivity (Wildman–Crippen MR) is 118 cm³/mol. The van der Waals surface area contributed by atoms with Gasteiger partial charge in [0.15, 0.2) is 11.5 Å². The van der Waals surface area contributed by atoms with E-state index >= 15 is 0 Å². The Labute approximate surface area is 175 Å². The van der Waals surface area contributed by atoms with Gasteiger partial charge in [0.25, 0.3) is 0 Å². The molecule has 0 radical (unpaired) electrons. The van der Waals surface area contributed by atoms with E-state index in [1.807, 2.05) is 24.3 Å². The van der Waals surface area contributed by atoms with Crippen LogP contribution in [0.15, 0.2) is 71.2 Å². The van der Waals surface area contributed by atoms with E-state index < -0.39 is 0 Å². The Kier molecular flexibility index (Phi) is 7.12. The number of ether oxygens (including phenoxy) is 2. The fourth-order valence-electron chi connectivity index (χ4n) is 3.07. The Balaban J connectivity index is 1.68. The molecule has 0 amide bonds. The highest BCUT2D eigenvalue weighted by molar-refractivity contribution is 9.10. The molecule has 146 valence electrons. The lowest BCUT2D eigenvalue weighted by atomic mass is 10.1. The van der Waals surface area contributed by atoms with E-state index in [-0.39, 0.29) is 6.04 Å². The van der Waals surface area contributed by atoms with Crippen LogP contribution in [0.2, 0.25) is 0 Å². The molecule has 3 aromatic carbocycles. The molecule has 0 aliphatic rings. The zero-order chi connectivity index (χ0) is 19.9. The summed E-state index contributed by atoms with van der Waals surface area (Å²) in [7, 11) is 1.67. The zero-order valence-electron chi connectivity index (χ0n) is 16.5. The normalized spacial score (nSPS) is 11.9. The molecule has 0 saturated carbocycles. The predicted octanol–water partition coefficient (Wildman–Crippen LogP) is 6.20. The third-order valence-electron chi connectivity index (χ3n) is 4.71. The fourth-order valence-corrected chi connectivity index (χ4v) is 3.53. The Morgan fingerprint density at radius 1 is 0.964 bits per heavy atom. The molecule has 0 aliphatic carbocycles. The lowest BCUT2D eigenvalue weighted by Gasteiger charge is -2.17. The first-order chi connectivity index (χ1) is 13.6. The van der Waals surface area contributed by atoms with E-state index in [0.717, 1.165) is 33.6 Å². The molecule has 3 rings (SSSR count). The lowest BCUT2D eigenvalue weighted by Crippen LogP contribution is -2.18. The van der Waals surface area contributed by atoms with E-state index in [1.165, 1.54) is 11.1 Å². The smallest absolute Gasteiger partial charge is 0.162 e. The van der Waals surface area contributed by atoms with Crippen LogP contribution in [0.25, 0.3) is 0 Å². The van der Waals surface area contributed by atoms with Crippen molar-refractivity contribution >= 4 is 15.9 Å². The van der Waals surface area contributed by atoms with E-state index in [0.29, 0.717) is 6.61 Å². The Hall–Kier alpha value is -2.30. The monoisotopic (exact) mass is 439 g/mol. The SMILES string of the molecule is COc1cc(CNC(C)c2ccccc2)c(Br)cc1OCc1cccc(C)c1. The van der Waals surface area contributed by atoms with Gasteiger partial charge in [-0.3, -0.25) is 0 Å². The largest absolute Gasteiger partial charge is 0.493 e. The summed E-state index contributed by atoms with van der Waals surface area (Å²) in [6.45, 7) is 5.48. The van der Waals surface area contributed by atoms with Gasteiger partial charge >= 0.3 is 0 Å². The van der Waals surface area contributed by atoms with Crippen molar-refractivity contribution in [1.82, 2.24) is 5.32 Å². The molecule has 0 aromatic heterocycles. The summed E-state index contributed by atoms with van der Waals surface area (Å²) >= 11 is 3.68. The first kappa shape index (κ1) is 20.4. The summed E-state index contributed by atoms with van der Waals surface area (Å²) in [6, 6.07) is 23.0.